The molecule has 70 valence electrons. The van der Waals surface area contributed by atoms with E-state index in [1.807, 2.05) is 6.07 Å². The number of amides is 1. The van der Waals surface area contributed by atoms with Gasteiger partial charge in [-0.1, -0.05) is 0 Å². The summed E-state index contributed by atoms with van der Waals surface area (Å²) in [7, 11) is 0. The van der Waals surface area contributed by atoms with Gasteiger partial charge < -0.3 is 10.2 Å². The number of fused-ring (bicyclic) bond motifs is 1. The van der Waals surface area contributed by atoms with E-state index in [2.05, 4.69) is 5.32 Å². The van der Waals surface area contributed by atoms with Gasteiger partial charge in [0.25, 0.3) is 0 Å². The molecule has 0 saturated carbocycles. The summed E-state index contributed by atoms with van der Waals surface area (Å²) in [6.07, 6.45) is 2.06. The topological polar surface area (TPSA) is 56.1 Å². The average molecular weight is 179 g/mol. The van der Waals surface area contributed by atoms with E-state index in [0.717, 1.165) is 25.9 Å². The molecule has 2 rings (SSSR count). The molecule has 4 nitrogen and oxygen atoms in total. The molecule has 2 saturated heterocycles. The molecule has 2 fully saturated rings. The van der Waals surface area contributed by atoms with E-state index in [4.69, 9.17) is 5.26 Å². The van der Waals surface area contributed by atoms with Crippen molar-refractivity contribution < 1.29 is 4.79 Å². The zero-order valence-electron chi connectivity index (χ0n) is 7.49. The van der Waals surface area contributed by atoms with Gasteiger partial charge in [-0.05, 0) is 19.4 Å². The molecule has 0 aromatic carbocycles. The number of carbonyl (C=O) groups excluding carboxylic acids is 1. The number of nitriles is 1. The lowest BCUT2D eigenvalue weighted by molar-refractivity contribution is -0.130. The zero-order chi connectivity index (χ0) is 9.26. The van der Waals surface area contributed by atoms with Crippen molar-refractivity contribution in [1.82, 2.24) is 10.2 Å². The van der Waals surface area contributed by atoms with Gasteiger partial charge in [0.2, 0.25) is 5.91 Å². The molecular weight excluding hydrogens is 166 g/mol. The van der Waals surface area contributed by atoms with Gasteiger partial charge >= 0.3 is 0 Å². The number of nitrogens with zero attached hydrogens (tertiary/aromatic N) is 2. The van der Waals surface area contributed by atoms with Gasteiger partial charge in [0, 0.05) is 12.6 Å². The predicted molar refractivity (Wildman–Crippen MR) is 46.7 cm³/mol. The van der Waals surface area contributed by atoms with Crippen LogP contribution in [-0.2, 0) is 4.79 Å². The Morgan fingerprint density at radius 1 is 1.69 bits per heavy atom. The summed E-state index contributed by atoms with van der Waals surface area (Å²) in [6, 6.07) is 2.33. The fourth-order valence-electron chi connectivity index (χ4n) is 2.23. The fourth-order valence-corrected chi connectivity index (χ4v) is 2.23. The molecule has 2 aliphatic rings. The number of nitrogens with one attached hydrogen (secondary N) is 1. The Labute approximate surface area is 77.5 Å². The summed E-state index contributed by atoms with van der Waals surface area (Å²) < 4.78 is 0. The van der Waals surface area contributed by atoms with Crippen LogP contribution >= 0.6 is 0 Å². The second kappa shape index (κ2) is 3.35. The highest BCUT2D eigenvalue weighted by Gasteiger charge is 2.40. The summed E-state index contributed by atoms with van der Waals surface area (Å²) >= 11 is 0. The monoisotopic (exact) mass is 179 g/mol. The SMILES string of the molecule is N#CCN1CC2NCCCC2C1=O. The first-order chi connectivity index (χ1) is 6.33. The molecule has 13 heavy (non-hydrogen) atoms. The minimum Gasteiger partial charge on any atom is -0.327 e. The largest absolute Gasteiger partial charge is 0.327 e. The van der Waals surface area contributed by atoms with Crippen LogP contribution in [0.5, 0.6) is 0 Å². The van der Waals surface area contributed by atoms with Crippen LogP contribution in [0.4, 0.5) is 0 Å². The lowest BCUT2D eigenvalue weighted by Crippen LogP contribution is -2.41. The molecule has 1 N–H and O–H groups in total. The molecule has 0 bridgehead atoms. The van der Waals surface area contributed by atoms with Crippen LogP contribution in [0.15, 0.2) is 0 Å². The molecule has 0 spiro atoms. The van der Waals surface area contributed by atoms with Crippen molar-refractivity contribution in [3.05, 3.63) is 0 Å². The third kappa shape index (κ3) is 1.40. The number of hydrogen-bond donors (Lipinski definition) is 1. The molecule has 0 aliphatic carbocycles. The standard InChI is InChI=1S/C9H13N3O/c10-3-5-12-6-8-7(9(12)13)2-1-4-11-8/h7-8,11H,1-2,4-6H2. The molecular formula is C9H13N3O. The maximum absolute atomic E-state index is 11.7. The quantitative estimate of drug-likeness (QED) is 0.563. The summed E-state index contributed by atoms with van der Waals surface area (Å²) in [5, 5.41) is 11.8. The smallest absolute Gasteiger partial charge is 0.228 e. The van der Waals surface area contributed by atoms with Gasteiger partial charge in [-0.2, -0.15) is 5.26 Å². The Hall–Kier alpha value is -1.08. The van der Waals surface area contributed by atoms with Crippen molar-refractivity contribution in [3.8, 4) is 6.07 Å². The number of hydrogen-bond acceptors (Lipinski definition) is 3. The average Bonchev–Trinajstić information content (AvgIpc) is 2.46. The van der Waals surface area contributed by atoms with Crippen LogP contribution in [0.2, 0.25) is 0 Å². The van der Waals surface area contributed by atoms with Crippen molar-refractivity contribution in [3.63, 3.8) is 0 Å². The predicted octanol–water partition coefficient (Wildman–Crippen LogP) is -0.280. The molecule has 2 heterocycles. The summed E-state index contributed by atoms with van der Waals surface area (Å²) in [4.78, 5) is 13.3. The van der Waals surface area contributed by atoms with E-state index in [-0.39, 0.29) is 18.4 Å². The zero-order valence-corrected chi connectivity index (χ0v) is 7.49. The van der Waals surface area contributed by atoms with Gasteiger partial charge in [-0.3, -0.25) is 4.79 Å². The molecule has 0 radical (unpaired) electrons. The summed E-state index contributed by atoms with van der Waals surface area (Å²) in [5.74, 6) is 0.306. The van der Waals surface area contributed by atoms with Crippen LogP contribution in [0.1, 0.15) is 12.8 Å². The molecule has 2 unspecified atom stereocenters. The highest BCUT2D eigenvalue weighted by molar-refractivity contribution is 5.82. The van der Waals surface area contributed by atoms with E-state index in [1.54, 1.807) is 4.90 Å². The second-order valence-corrected chi connectivity index (χ2v) is 3.69. The second-order valence-electron chi connectivity index (χ2n) is 3.69. The first-order valence-corrected chi connectivity index (χ1v) is 4.72. The highest BCUT2D eigenvalue weighted by Crippen LogP contribution is 2.25. The van der Waals surface area contributed by atoms with Gasteiger partial charge in [0.1, 0.15) is 6.54 Å². The van der Waals surface area contributed by atoms with Crippen LogP contribution < -0.4 is 5.32 Å². The molecule has 0 aromatic heterocycles. The number of likely N-dealkylation sites (tertiary alicyclic amines) is 1. The van der Waals surface area contributed by atoms with E-state index >= 15 is 0 Å². The minimum absolute atomic E-state index is 0.141. The number of piperidine rings is 1. The van der Waals surface area contributed by atoms with E-state index in [1.165, 1.54) is 0 Å². The normalized spacial score (nSPS) is 32.8. The van der Waals surface area contributed by atoms with Gasteiger partial charge in [-0.25, -0.2) is 0 Å². The van der Waals surface area contributed by atoms with Crippen LogP contribution in [0, 0.1) is 17.2 Å². The summed E-state index contributed by atoms with van der Waals surface area (Å²) in [5.41, 5.74) is 0. The Kier molecular flexibility index (Phi) is 2.19. The van der Waals surface area contributed by atoms with E-state index < -0.39 is 0 Å². The molecule has 2 atom stereocenters. The van der Waals surface area contributed by atoms with Gasteiger partial charge in [0.15, 0.2) is 0 Å². The molecule has 2 aliphatic heterocycles. The van der Waals surface area contributed by atoms with Gasteiger partial charge in [0.05, 0.1) is 12.0 Å². The molecule has 0 aromatic rings. The minimum atomic E-state index is 0.141. The third-order valence-corrected chi connectivity index (χ3v) is 2.89. The highest BCUT2D eigenvalue weighted by atomic mass is 16.2. The van der Waals surface area contributed by atoms with Crippen LogP contribution in [0.25, 0.3) is 0 Å². The first kappa shape index (κ1) is 8.52. The van der Waals surface area contributed by atoms with E-state index in [0.29, 0.717) is 6.04 Å². The molecule has 4 heteroatoms. The van der Waals surface area contributed by atoms with Crippen molar-refractivity contribution in [2.75, 3.05) is 19.6 Å². The van der Waals surface area contributed by atoms with Crippen molar-refractivity contribution >= 4 is 5.91 Å². The van der Waals surface area contributed by atoms with Crippen molar-refractivity contribution in [2.24, 2.45) is 5.92 Å². The van der Waals surface area contributed by atoms with Crippen LogP contribution in [-0.4, -0.2) is 36.5 Å². The van der Waals surface area contributed by atoms with Crippen molar-refractivity contribution in [2.45, 2.75) is 18.9 Å². The lowest BCUT2D eigenvalue weighted by Gasteiger charge is -2.23. The number of carbonyl (C=O) groups is 1. The van der Waals surface area contributed by atoms with E-state index in [9.17, 15) is 4.79 Å². The maximum atomic E-state index is 11.7. The Bertz CT molecular complexity index is 258. The summed E-state index contributed by atoms with van der Waals surface area (Å²) in [6.45, 7) is 1.97. The Morgan fingerprint density at radius 3 is 3.23 bits per heavy atom. The van der Waals surface area contributed by atoms with Crippen LogP contribution in [0.3, 0.4) is 0 Å². The Balaban J connectivity index is 2.06. The fraction of sp³-hybridized carbons (Fsp3) is 0.778. The maximum Gasteiger partial charge on any atom is 0.228 e. The third-order valence-electron chi connectivity index (χ3n) is 2.89. The van der Waals surface area contributed by atoms with Crippen molar-refractivity contribution in [1.29, 1.82) is 5.26 Å². The van der Waals surface area contributed by atoms with Gasteiger partial charge in [-0.15, -0.1) is 0 Å². The Morgan fingerprint density at radius 2 is 2.54 bits per heavy atom. The number of rotatable bonds is 1. The lowest BCUT2D eigenvalue weighted by atomic mass is 9.94. The first-order valence-electron chi connectivity index (χ1n) is 4.72. The molecule has 1 amide bonds.